The minimum Gasteiger partial charge on any atom is -0.341 e. The molecule has 2 aromatic heterocycles. The van der Waals surface area contributed by atoms with Gasteiger partial charge in [0.25, 0.3) is 0 Å². The summed E-state index contributed by atoms with van der Waals surface area (Å²) < 4.78 is 0. The Balaban J connectivity index is 1.08. The topological polar surface area (TPSA) is 81.4 Å². The normalized spacial score (nSPS) is 27.7. The van der Waals surface area contributed by atoms with Gasteiger partial charge in [-0.3, -0.25) is 0 Å². The van der Waals surface area contributed by atoms with Crippen LogP contribution in [0.25, 0.3) is 44.4 Å². The van der Waals surface area contributed by atoms with E-state index in [0.29, 0.717) is 24.0 Å². The Hall–Kier alpha value is -3.74. The molecule has 39 heavy (non-hydrogen) atoms. The highest BCUT2D eigenvalue weighted by Gasteiger charge is 2.46. The number of hydrogen-bond acceptors (Lipinski definition) is 4. The van der Waals surface area contributed by atoms with E-state index in [1.54, 1.807) is 0 Å². The highest BCUT2D eigenvalue weighted by atomic mass is 15.1. The van der Waals surface area contributed by atoms with Crippen LogP contribution in [0.15, 0.2) is 73.1 Å². The molecule has 3 aliphatic rings. The molecule has 0 spiro atoms. The lowest BCUT2D eigenvalue weighted by Crippen LogP contribution is -2.24. The standard InChI is InChI=1S/C33H34N6/c1-18-13-28(36-19(18)2)32-35-17-31(39-32)26-8-4-6-24-23(5-3-7-25(24)26)20-9-11-21(12-10-20)30-16-34-33(38-30)29-15-22-14-27(22)37-29/h3-12,16-19,22,27-29,36-37H,13-15H2,1-2H3,(H,34,38)(H,35,39)/t18-,19-,22-,27-,28+,29+/m1/s1. The fourth-order valence-corrected chi connectivity index (χ4v) is 6.79. The van der Waals surface area contributed by atoms with Crippen molar-refractivity contribution in [2.24, 2.45) is 11.8 Å². The van der Waals surface area contributed by atoms with Crippen molar-refractivity contribution >= 4 is 10.8 Å². The van der Waals surface area contributed by atoms with Crippen LogP contribution in [-0.4, -0.2) is 32.0 Å². The predicted octanol–water partition coefficient (Wildman–Crippen LogP) is 6.77. The van der Waals surface area contributed by atoms with Crippen molar-refractivity contribution in [3.63, 3.8) is 0 Å². The molecule has 2 saturated heterocycles. The van der Waals surface area contributed by atoms with E-state index >= 15 is 0 Å². The number of piperidine rings is 1. The van der Waals surface area contributed by atoms with E-state index in [2.05, 4.69) is 95.1 Å². The summed E-state index contributed by atoms with van der Waals surface area (Å²) in [5, 5.41) is 9.85. The van der Waals surface area contributed by atoms with Gasteiger partial charge in [0.1, 0.15) is 11.6 Å². The Bertz CT molecular complexity index is 1640. The Kier molecular flexibility index (Phi) is 5.29. The van der Waals surface area contributed by atoms with E-state index in [4.69, 9.17) is 9.97 Å². The van der Waals surface area contributed by atoms with E-state index in [1.807, 2.05) is 12.4 Å². The molecular weight excluding hydrogens is 480 g/mol. The number of aromatic amines is 2. The lowest BCUT2D eigenvalue weighted by molar-refractivity contribution is 0.516. The van der Waals surface area contributed by atoms with Crippen LogP contribution < -0.4 is 10.6 Å². The summed E-state index contributed by atoms with van der Waals surface area (Å²) >= 11 is 0. The smallest absolute Gasteiger partial charge is 0.123 e. The van der Waals surface area contributed by atoms with Gasteiger partial charge in [0.05, 0.1) is 35.9 Å². The molecule has 8 rings (SSSR count). The second kappa shape index (κ2) is 8.90. The number of nitrogens with zero attached hydrogens (tertiary/aromatic N) is 2. The average Bonchev–Trinajstić information content (AvgIpc) is 3.48. The zero-order valence-electron chi connectivity index (χ0n) is 22.4. The van der Waals surface area contributed by atoms with Crippen molar-refractivity contribution < 1.29 is 0 Å². The second-order valence-electron chi connectivity index (χ2n) is 11.9. The number of rotatable bonds is 5. The van der Waals surface area contributed by atoms with Gasteiger partial charge in [0.15, 0.2) is 0 Å². The molecule has 5 aromatic rings. The van der Waals surface area contributed by atoms with Gasteiger partial charge in [-0.05, 0) is 65.5 Å². The fourth-order valence-electron chi connectivity index (χ4n) is 6.79. The maximum Gasteiger partial charge on any atom is 0.123 e. The molecule has 6 heteroatoms. The SMILES string of the molecule is C[C@@H]1C[C@@H](c2ncc(-c3cccc4c(-c5ccc(-c6cnc([C@@H]7C[C@H]8C[C@H]8N7)[nH]6)cc5)cccc34)[nH]2)N[C@@H]1C. The number of benzene rings is 3. The first kappa shape index (κ1) is 23.2. The first-order valence-electron chi connectivity index (χ1n) is 14.4. The third-order valence-corrected chi connectivity index (χ3v) is 9.37. The van der Waals surface area contributed by atoms with E-state index in [-0.39, 0.29) is 0 Å². The minimum atomic E-state index is 0.291. The number of imidazole rings is 2. The number of nitrogens with one attached hydrogen (secondary N) is 4. The van der Waals surface area contributed by atoms with Crippen LogP contribution in [0.4, 0.5) is 0 Å². The van der Waals surface area contributed by atoms with Crippen LogP contribution in [0.2, 0.25) is 0 Å². The van der Waals surface area contributed by atoms with Crippen molar-refractivity contribution in [1.29, 1.82) is 0 Å². The van der Waals surface area contributed by atoms with Crippen LogP contribution in [-0.2, 0) is 0 Å². The lowest BCUT2D eigenvalue weighted by Gasteiger charge is -2.11. The molecule has 6 nitrogen and oxygen atoms in total. The highest BCUT2D eigenvalue weighted by Crippen LogP contribution is 2.45. The van der Waals surface area contributed by atoms with E-state index < -0.39 is 0 Å². The first-order chi connectivity index (χ1) is 19.1. The second-order valence-corrected chi connectivity index (χ2v) is 11.9. The maximum absolute atomic E-state index is 4.77. The van der Waals surface area contributed by atoms with Gasteiger partial charge in [0, 0.05) is 17.6 Å². The van der Waals surface area contributed by atoms with Gasteiger partial charge >= 0.3 is 0 Å². The Morgan fingerprint density at radius 1 is 0.641 bits per heavy atom. The molecule has 0 bridgehead atoms. The Morgan fingerprint density at radius 2 is 1.28 bits per heavy atom. The fraction of sp³-hybridized carbons (Fsp3) is 0.333. The summed E-state index contributed by atoms with van der Waals surface area (Å²) in [5.41, 5.74) is 6.95. The molecule has 3 aromatic carbocycles. The zero-order valence-corrected chi connectivity index (χ0v) is 22.4. The zero-order chi connectivity index (χ0) is 26.1. The molecule has 4 N–H and O–H groups in total. The van der Waals surface area contributed by atoms with E-state index in [1.165, 1.54) is 40.3 Å². The lowest BCUT2D eigenvalue weighted by atomic mass is 9.94. The summed E-state index contributed by atoms with van der Waals surface area (Å²) in [6, 6.07) is 23.9. The maximum atomic E-state index is 4.77. The van der Waals surface area contributed by atoms with Crippen molar-refractivity contribution in [3.8, 4) is 33.6 Å². The van der Waals surface area contributed by atoms with Gasteiger partial charge < -0.3 is 20.6 Å². The van der Waals surface area contributed by atoms with Crippen molar-refractivity contribution in [2.45, 2.75) is 57.3 Å². The number of H-pyrrole nitrogens is 2. The summed E-state index contributed by atoms with van der Waals surface area (Å²) in [4.78, 5) is 16.7. The Morgan fingerprint density at radius 3 is 1.97 bits per heavy atom. The van der Waals surface area contributed by atoms with Crippen LogP contribution in [0, 0.1) is 11.8 Å². The third kappa shape index (κ3) is 4.01. The number of fused-ring (bicyclic) bond motifs is 2. The monoisotopic (exact) mass is 514 g/mol. The van der Waals surface area contributed by atoms with Gasteiger partial charge in [-0.2, -0.15) is 0 Å². The summed E-state index contributed by atoms with van der Waals surface area (Å²) in [6.07, 6.45) is 7.61. The molecule has 0 unspecified atom stereocenters. The molecule has 1 saturated carbocycles. The number of hydrogen-bond donors (Lipinski definition) is 4. The van der Waals surface area contributed by atoms with Gasteiger partial charge in [-0.25, -0.2) is 9.97 Å². The summed E-state index contributed by atoms with van der Waals surface area (Å²) in [7, 11) is 0. The molecule has 3 fully saturated rings. The molecule has 1 aliphatic carbocycles. The van der Waals surface area contributed by atoms with Gasteiger partial charge in [-0.15, -0.1) is 0 Å². The average molecular weight is 515 g/mol. The summed E-state index contributed by atoms with van der Waals surface area (Å²) in [6.45, 7) is 4.57. The van der Waals surface area contributed by atoms with Crippen molar-refractivity contribution in [3.05, 3.63) is 84.7 Å². The molecule has 2 aliphatic heterocycles. The van der Waals surface area contributed by atoms with E-state index in [9.17, 15) is 0 Å². The van der Waals surface area contributed by atoms with Gasteiger partial charge in [0.2, 0.25) is 0 Å². The van der Waals surface area contributed by atoms with Crippen molar-refractivity contribution in [1.82, 2.24) is 30.6 Å². The third-order valence-electron chi connectivity index (χ3n) is 9.37. The quantitative estimate of drug-likeness (QED) is 0.209. The largest absolute Gasteiger partial charge is 0.341 e. The van der Waals surface area contributed by atoms with Crippen LogP contribution in [0.3, 0.4) is 0 Å². The summed E-state index contributed by atoms with van der Waals surface area (Å²) in [5.74, 6) is 3.61. The molecule has 196 valence electrons. The van der Waals surface area contributed by atoms with E-state index in [0.717, 1.165) is 47.0 Å². The van der Waals surface area contributed by atoms with Gasteiger partial charge in [-0.1, -0.05) is 67.6 Å². The predicted molar refractivity (Wildman–Crippen MR) is 156 cm³/mol. The first-order valence-corrected chi connectivity index (χ1v) is 14.4. The minimum absolute atomic E-state index is 0.291. The van der Waals surface area contributed by atoms with Crippen molar-refractivity contribution in [2.75, 3.05) is 0 Å². The van der Waals surface area contributed by atoms with Crippen LogP contribution >= 0.6 is 0 Å². The van der Waals surface area contributed by atoms with Crippen LogP contribution in [0.5, 0.6) is 0 Å². The highest BCUT2D eigenvalue weighted by molar-refractivity contribution is 6.04. The molecule has 6 atom stereocenters. The Labute approximate surface area is 228 Å². The van der Waals surface area contributed by atoms with Crippen LogP contribution in [0.1, 0.15) is 56.8 Å². The molecule has 0 amide bonds. The molecule has 0 radical (unpaired) electrons. The molecular formula is C33H34N6. The molecule has 4 heterocycles. The number of aromatic nitrogens is 4.